The Morgan fingerprint density at radius 1 is 0.583 bits per heavy atom. The van der Waals surface area contributed by atoms with E-state index in [9.17, 15) is 57.1 Å². The highest BCUT2D eigenvalue weighted by Gasteiger charge is 2.74. The van der Waals surface area contributed by atoms with Crippen LogP contribution in [0.1, 0.15) is 69.4 Å². The number of aryl methyl sites for hydroxylation is 2. The molecule has 2 rings (SSSR count). The summed E-state index contributed by atoms with van der Waals surface area (Å²) in [6.07, 6.45) is -28.8. The molecule has 0 unspecified atom stereocenters. The molecule has 0 saturated heterocycles. The van der Waals surface area contributed by atoms with Crippen LogP contribution in [0.3, 0.4) is 0 Å². The van der Waals surface area contributed by atoms with Gasteiger partial charge in [-0.15, -0.1) is 13.2 Å². The summed E-state index contributed by atoms with van der Waals surface area (Å²) < 4.78 is 180. The monoisotopic (exact) mass is 720 g/mol. The van der Waals surface area contributed by atoms with Crippen LogP contribution < -0.4 is 0 Å². The van der Waals surface area contributed by atoms with Crippen molar-refractivity contribution in [2.45, 2.75) is 108 Å². The number of aromatic nitrogens is 2. The smallest absolute Gasteiger partial charge is 0.372 e. The molecule has 0 saturated carbocycles. The molecule has 1 heterocycles. The number of benzene rings is 1. The summed E-state index contributed by atoms with van der Waals surface area (Å²) in [5, 5.41) is 0. The molecule has 0 bridgehead atoms. The Balaban J connectivity index is 1.82. The molecule has 1 aromatic heterocycles. The van der Waals surface area contributed by atoms with E-state index in [1.165, 1.54) is 0 Å². The summed E-state index contributed by atoms with van der Waals surface area (Å²) in [4.78, 5) is 8.55. The molecule has 0 aliphatic rings. The van der Waals surface area contributed by atoms with Gasteiger partial charge in [-0.3, -0.25) is 0 Å². The minimum atomic E-state index is -7.08. The average molecular weight is 721 g/mol. The van der Waals surface area contributed by atoms with Crippen molar-refractivity contribution in [2.24, 2.45) is 0 Å². The van der Waals surface area contributed by atoms with Crippen molar-refractivity contribution in [3.05, 3.63) is 47.8 Å². The van der Waals surface area contributed by atoms with Crippen LogP contribution in [0.4, 0.5) is 57.1 Å². The number of halogens is 13. The molecule has 0 atom stereocenters. The van der Waals surface area contributed by atoms with Gasteiger partial charge in [0, 0.05) is 24.6 Å². The molecule has 6 nitrogen and oxygen atoms in total. The van der Waals surface area contributed by atoms with Gasteiger partial charge in [-0.2, -0.15) is 43.9 Å². The van der Waals surface area contributed by atoms with Crippen LogP contribution >= 0.6 is 0 Å². The molecule has 0 radical (unpaired) electrons. The van der Waals surface area contributed by atoms with Gasteiger partial charge in [-0.05, 0) is 55.4 Å². The second kappa shape index (κ2) is 17.2. The molecule has 0 N–H and O–H groups in total. The number of hydrogen-bond acceptors (Lipinski definition) is 6. The topological polar surface area (TPSA) is 62.7 Å². The summed E-state index contributed by atoms with van der Waals surface area (Å²) in [5.74, 6) is 0.585. The minimum Gasteiger partial charge on any atom is -0.372 e. The van der Waals surface area contributed by atoms with Crippen molar-refractivity contribution in [1.29, 1.82) is 0 Å². The largest absolute Gasteiger partial charge is 0.527 e. The number of ether oxygens (including phenoxy) is 4. The van der Waals surface area contributed by atoms with Crippen molar-refractivity contribution in [1.82, 2.24) is 9.97 Å². The molecule has 0 amide bonds. The van der Waals surface area contributed by atoms with E-state index in [-0.39, 0.29) is 6.42 Å². The SMILES string of the molecule is CCCCCCc1cc(-c2ncccn2)ccc1CCCCCCOCC(F)(F)OC(F)(F)C(F)(F)OC(F)(F)C(F)(F)OC(F)(F)F. The third-order valence-corrected chi connectivity index (χ3v) is 6.54. The second-order valence-corrected chi connectivity index (χ2v) is 10.5. The first-order valence-corrected chi connectivity index (χ1v) is 14.6. The fourth-order valence-corrected chi connectivity index (χ4v) is 4.26. The first-order chi connectivity index (χ1) is 22.1. The van der Waals surface area contributed by atoms with Gasteiger partial charge in [0.15, 0.2) is 5.82 Å². The minimum absolute atomic E-state index is 0.112. The Kier molecular flexibility index (Phi) is 14.9. The molecule has 19 heteroatoms. The van der Waals surface area contributed by atoms with Crippen molar-refractivity contribution in [3.63, 3.8) is 0 Å². The van der Waals surface area contributed by atoms with Crippen LogP contribution in [0.25, 0.3) is 11.4 Å². The second-order valence-electron chi connectivity index (χ2n) is 10.5. The molecule has 2 aromatic rings. The summed E-state index contributed by atoms with van der Waals surface area (Å²) in [7, 11) is 0. The van der Waals surface area contributed by atoms with Crippen LogP contribution in [-0.2, 0) is 31.8 Å². The number of nitrogens with zero attached hydrogens (tertiary/aromatic N) is 2. The Labute approximate surface area is 266 Å². The van der Waals surface area contributed by atoms with Crippen molar-refractivity contribution in [2.75, 3.05) is 13.2 Å². The third kappa shape index (κ3) is 13.3. The van der Waals surface area contributed by atoms with Crippen molar-refractivity contribution < 1.29 is 76.0 Å². The maximum absolute atomic E-state index is 13.7. The van der Waals surface area contributed by atoms with Crippen LogP contribution in [0.2, 0.25) is 0 Å². The lowest BCUT2D eigenvalue weighted by atomic mass is 9.94. The van der Waals surface area contributed by atoms with E-state index < -0.39 is 50.1 Å². The van der Waals surface area contributed by atoms with E-state index in [2.05, 4.69) is 26.4 Å². The van der Waals surface area contributed by atoms with Crippen LogP contribution in [0, 0.1) is 0 Å². The summed E-state index contributed by atoms with van der Waals surface area (Å²) >= 11 is 0. The molecular weight excluding hydrogens is 687 g/mol. The fourth-order valence-electron chi connectivity index (χ4n) is 4.26. The molecule has 0 spiro atoms. The van der Waals surface area contributed by atoms with Gasteiger partial charge < -0.3 is 4.74 Å². The third-order valence-electron chi connectivity index (χ3n) is 6.54. The van der Waals surface area contributed by atoms with Crippen LogP contribution in [-0.4, -0.2) is 60.1 Å². The average Bonchev–Trinajstić information content (AvgIpc) is 2.95. The van der Waals surface area contributed by atoms with Gasteiger partial charge in [0.1, 0.15) is 6.61 Å². The standard InChI is InChI=1S/C29H33F13N2O4/c1-2-3-4-7-12-21-18-22(23-43-15-10-16-44-23)14-13-20(21)11-8-5-6-9-17-45-19-24(30,31)46-25(32,33)26(34,35)47-27(36,37)28(38,39)48-29(40,41)42/h10,13-16,18H,2-9,11-12,17,19H2,1H3. The van der Waals surface area contributed by atoms with Gasteiger partial charge in [0.25, 0.3) is 0 Å². The van der Waals surface area contributed by atoms with Gasteiger partial charge in [0.05, 0.1) is 0 Å². The molecule has 274 valence electrons. The zero-order chi connectivity index (χ0) is 36.3. The quantitative estimate of drug-likeness (QED) is 0.0892. The summed E-state index contributed by atoms with van der Waals surface area (Å²) in [5.41, 5.74) is 3.11. The first-order valence-electron chi connectivity index (χ1n) is 14.6. The first kappa shape index (κ1) is 41.4. The number of hydrogen-bond donors (Lipinski definition) is 0. The fraction of sp³-hybridized carbons (Fsp3) is 0.655. The molecule has 0 aliphatic heterocycles. The predicted octanol–water partition coefficient (Wildman–Crippen LogP) is 9.92. The maximum Gasteiger partial charge on any atom is 0.527 e. The Hall–Kier alpha value is -2.77. The Bertz CT molecular complexity index is 1250. The molecule has 1 aromatic carbocycles. The Morgan fingerprint density at radius 2 is 1.10 bits per heavy atom. The molecule has 48 heavy (non-hydrogen) atoms. The van der Waals surface area contributed by atoms with Gasteiger partial charge in [-0.1, -0.05) is 51.2 Å². The van der Waals surface area contributed by atoms with Crippen molar-refractivity contribution >= 4 is 0 Å². The van der Waals surface area contributed by atoms with Crippen molar-refractivity contribution in [3.8, 4) is 11.4 Å². The van der Waals surface area contributed by atoms with Crippen LogP contribution in [0.15, 0.2) is 36.7 Å². The molecular formula is C29H33F13N2O4. The van der Waals surface area contributed by atoms with E-state index in [1.807, 2.05) is 22.9 Å². The lowest BCUT2D eigenvalue weighted by Crippen LogP contribution is -2.57. The lowest BCUT2D eigenvalue weighted by molar-refractivity contribution is -0.564. The van der Waals surface area contributed by atoms with E-state index in [0.29, 0.717) is 31.5 Å². The highest BCUT2D eigenvalue weighted by atomic mass is 19.4. The summed E-state index contributed by atoms with van der Waals surface area (Å²) in [6, 6.07) is 7.64. The maximum atomic E-state index is 13.7. The molecule has 0 fully saturated rings. The van der Waals surface area contributed by atoms with Gasteiger partial charge in [-0.25, -0.2) is 24.2 Å². The lowest BCUT2D eigenvalue weighted by Gasteiger charge is -2.33. The van der Waals surface area contributed by atoms with E-state index >= 15 is 0 Å². The molecule has 0 aliphatic carbocycles. The Morgan fingerprint density at radius 3 is 1.69 bits per heavy atom. The number of alkyl halides is 13. The van der Waals surface area contributed by atoms with E-state index in [4.69, 9.17) is 0 Å². The van der Waals surface area contributed by atoms with Gasteiger partial charge in [0.2, 0.25) is 0 Å². The highest BCUT2D eigenvalue weighted by molar-refractivity contribution is 5.57. The van der Waals surface area contributed by atoms with Crippen LogP contribution in [0.5, 0.6) is 0 Å². The van der Waals surface area contributed by atoms with Gasteiger partial charge >= 0.3 is 36.9 Å². The number of unbranched alkanes of at least 4 members (excludes halogenated alkanes) is 6. The number of rotatable bonds is 22. The zero-order valence-corrected chi connectivity index (χ0v) is 25.4. The summed E-state index contributed by atoms with van der Waals surface area (Å²) in [6.45, 7) is -0.487. The van der Waals surface area contributed by atoms with E-state index in [1.54, 1.807) is 23.2 Å². The highest BCUT2D eigenvalue weighted by Crippen LogP contribution is 2.48. The predicted molar refractivity (Wildman–Crippen MR) is 142 cm³/mol. The normalized spacial score (nSPS) is 13.7. The van der Waals surface area contributed by atoms with E-state index in [0.717, 1.165) is 48.8 Å². The zero-order valence-electron chi connectivity index (χ0n) is 25.4.